The summed E-state index contributed by atoms with van der Waals surface area (Å²) in [7, 11) is -3.01. The second kappa shape index (κ2) is 5.88. The van der Waals surface area contributed by atoms with E-state index in [9.17, 15) is 8.42 Å². The van der Waals surface area contributed by atoms with E-state index in [0.29, 0.717) is 6.04 Å². The fourth-order valence-electron chi connectivity index (χ4n) is 3.34. The summed E-state index contributed by atoms with van der Waals surface area (Å²) >= 11 is 0. The van der Waals surface area contributed by atoms with Crippen molar-refractivity contribution in [2.75, 3.05) is 18.9 Å². The predicted octanol–water partition coefficient (Wildman–Crippen LogP) is 1.36. The third-order valence-electron chi connectivity index (χ3n) is 4.35. The summed E-state index contributed by atoms with van der Waals surface area (Å²) in [6.45, 7) is 5.77. The van der Waals surface area contributed by atoms with Crippen LogP contribution in [0.1, 0.15) is 39.5 Å². The normalized spacial score (nSPS) is 37.2. The van der Waals surface area contributed by atoms with Gasteiger partial charge in [0.15, 0.2) is 9.84 Å². The first-order valence-corrected chi connectivity index (χ1v) is 8.82. The van der Waals surface area contributed by atoms with Gasteiger partial charge in [0.1, 0.15) is 0 Å². The van der Waals surface area contributed by atoms with Crippen LogP contribution in [0, 0.1) is 5.92 Å². The van der Waals surface area contributed by atoms with Crippen LogP contribution in [0.5, 0.6) is 0 Å². The summed E-state index contributed by atoms with van der Waals surface area (Å²) in [4.78, 5) is 0. The molecule has 0 aromatic rings. The predicted molar refractivity (Wildman–Crippen MR) is 72.4 cm³/mol. The number of sulfone groups is 1. The van der Waals surface area contributed by atoms with E-state index in [2.05, 4.69) is 19.2 Å². The Labute approximate surface area is 110 Å². The van der Waals surface area contributed by atoms with Crippen molar-refractivity contribution >= 4 is 9.84 Å². The zero-order chi connectivity index (χ0) is 13.2. The van der Waals surface area contributed by atoms with Gasteiger partial charge in [-0.3, -0.25) is 0 Å². The summed E-state index contributed by atoms with van der Waals surface area (Å²) in [6.07, 6.45) is 3.62. The number of nitrogens with one attached hydrogen (secondary N) is 1. The molecule has 1 saturated carbocycles. The minimum atomic E-state index is -3.01. The van der Waals surface area contributed by atoms with Crippen LogP contribution in [0.3, 0.4) is 0 Å². The molecule has 5 heteroatoms. The molecule has 0 spiro atoms. The Morgan fingerprint density at radius 1 is 1.28 bits per heavy atom. The molecule has 1 heterocycles. The van der Waals surface area contributed by atoms with Crippen molar-refractivity contribution in [3.63, 3.8) is 0 Å². The summed E-state index contributed by atoms with van der Waals surface area (Å²) in [6, 6.07) is 0.360. The van der Waals surface area contributed by atoms with E-state index in [1.165, 1.54) is 0 Å². The zero-order valence-electron chi connectivity index (χ0n) is 11.4. The fourth-order valence-corrected chi connectivity index (χ4v) is 5.71. The standard InChI is InChI=1S/C13H25NO3S/c1-3-14-12-6-7-13(10(12)2)18(15,16)9-11-5-4-8-17-11/h10-14H,3-9H2,1-2H3. The highest BCUT2D eigenvalue weighted by molar-refractivity contribution is 7.92. The maximum Gasteiger partial charge on any atom is 0.156 e. The topological polar surface area (TPSA) is 55.4 Å². The van der Waals surface area contributed by atoms with Gasteiger partial charge >= 0.3 is 0 Å². The summed E-state index contributed by atoms with van der Waals surface area (Å²) in [5.41, 5.74) is 0. The van der Waals surface area contributed by atoms with Crippen LogP contribution < -0.4 is 5.32 Å². The maximum absolute atomic E-state index is 12.4. The quantitative estimate of drug-likeness (QED) is 0.823. The molecule has 4 atom stereocenters. The van der Waals surface area contributed by atoms with Crippen molar-refractivity contribution in [1.82, 2.24) is 5.32 Å². The molecule has 4 unspecified atom stereocenters. The Kier molecular flexibility index (Phi) is 4.67. The molecule has 0 aromatic heterocycles. The monoisotopic (exact) mass is 275 g/mol. The van der Waals surface area contributed by atoms with E-state index in [4.69, 9.17) is 4.74 Å². The van der Waals surface area contributed by atoms with E-state index in [1.54, 1.807) is 0 Å². The molecular formula is C13H25NO3S. The molecule has 2 rings (SSSR count). The van der Waals surface area contributed by atoms with Gasteiger partial charge in [-0.05, 0) is 38.1 Å². The van der Waals surface area contributed by atoms with Crippen LogP contribution in [0.15, 0.2) is 0 Å². The Bertz CT molecular complexity index is 362. The minimum Gasteiger partial charge on any atom is -0.377 e. The number of rotatable bonds is 5. The molecular weight excluding hydrogens is 250 g/mol. The van der Waals surface area contributed by atoms with E-state index in [-0.39, 0.29) is 23.0 Å². The molecule has 0 aromatic carbocycles. The van der Waals surface area contributed by atoms with Crippen LogP contribution in [-0.4, -0.2) is 44.7 Å². The Hall–Kier alpha value is -0.130. The molecule has 1 saturated heterocycles. The van der Waals surface area contributed by atoms with E-state index >= 15 is 0 Å². The summed E-state index contributed by atoms with van der Waals surface area (Å²) < 4.78 is 30.3. The molecule has 2 aliphatic rings. The molecule has 106 valence electrons. The first kappa shape index (κ1) is 14.3. The number of ether oxygens (including phenoxy) is 1. The van der Waals surface area contributed by atoms with Crippen molar-refractivity contribution in [3.05, 3.63) is 0 Å². The lowest BCUT2D eigenvalue weighted by Crippen LogP contribution is -2.38. The fraction of sp³-hybridized carbons (Fsp3) is 1.00. The van der Waals surface area contributed by atoms with Gasteiger partial charge in [-0.15, -0.1) is 0 Å². The van der Waals surface area contributed by atoms with Crippen LogP contribution in [0.4, 0.5) is 0 Å². The molecule has 1 aliphatic heterocycles. The lowest BCUT2D eigenvalue weighted by Gasteiger charge is -2.22. The lowest BCUT2D eigenvalue weighted by atomic mass is 10.1. The second-order valence-corrected chi connectivity index (χ2v) is 7.87. The van der Waals surface area contributed by atoms with Crippen molar-refractivity contribution in [3.8, 4) is 0 Å². The highest BCUT2D eigenvalue weighted by Gasteiger charge is 2.41. The third kappa shape index (κ3) is 3.06. The second-order valence-electron chi connectivity index (χ2n) is 5.60. The van der Waals surface area contributed by atoms with Gasteiger partial charge in [0, 0.05) is 12.6 Å². The van der Waals surface area contributed by atoms with Gasteiger partial charge in [0.25, 0.3) is 0 Å². The smallest absolute Gasteiger partial charge is 0.156 e. The molecule has 1 aliphatic carbocycles. The van der Waals surface area contributed by atoms with E-state index in [0.717, 1.165) is 38.8 Å². The van der Waals surface area contributed by atoms with Crippen LogP contribution in [0.25, 0.3) is 0 Å². The average Bonchev–Trinajstić information content (AvgIpc) is 2.90. The SMILES string of the molecule is CCNC1CCC(S(=O)(=O)CC2CCCO2)C1C. The van der Waals surface area contributed by atoms with Crippen molar-refractivity contribution in [2.45, 2.75) is 56.9 Å². The highest BCUT2D eigenvalue weighted by Crippen LogP contribution is 2.32. The van der Waals surface area contributed by atoms with Crippen LogP contribution in [-0.2, 0) is 14.6 Å². The first-order valence-electron chi connectivity index (χ1n) is 7.11. The third-order valence-corrected chi connectivity index (χ3v) is 6.78. The highest BCUT2D eigenvalue weighted by atomic mass is 32.2. The molecule has 1 N–H and O–H groups in total. The largest absolute Gasteiger partial charge is 0.377 e. The van der Waals surface area contributed by atoms with Gasteiger partial charge in [0.05, 0.1) is 17.1 Å². The van der Waals surface area contributed by atoms with Crippen molar-refractivity contribution < 1.29 is 13.2 Å². The molecule has 4 nitrogen and oxygen atoms in total. The van der Waals surface area contributed by atoms with Crippen molar-refractivity contribution in [2.24, 2.45) is 5.92 Å². The van der Waals surface area contributed by atoms with Crippen LogP contribution >= 0.6 is 0 Å². The zero-order valence-corrected chi connectivity index (χ0v) is 12.2. The Balaban J connectivity index is 1.97. The molecule has 0 amide bonds. The number of hydrogen-bond acceptors (Lipinski definition) is 4. The minimum absolute atomic E-state index is 0.0552. The lowest BCUT2D eigenvalue weighted by molar-refractivity contribution is 0.127. The van der Waals surface area contributed by atoms with Gasteiger partial charge in [0.2, 0.25) is 0 Å². The molecule has 18 heavy (non-hydrogen) atoms. The Morgan fingerprint density at radius 2 is 2.06 bits per heavy atom. The van der Waals surface area contributed by atoms with Gasteiger partial charge < -0.3 is 10.1 Å². The summed E-state index contributed by atoms with van der Waals surface area (Å²) in [5.74, 6) is 0.442. The molecule has 0 bridgehead atoms. The van der Waals surface area contributed by atoms with Crippen LogP contribution in [0.2, 0.25) is 0 Å². The first-order chi connectivity index (χ1) is 8.54. The van der Waals surface area contributed by atoms with E-state index in [1.807, 2.05) is 0 Å². The van der Waals surface area contributed by atoms with Crippen molar-refractivity contribution in [1.29, 1.82) is 0 Å². The van der Waals surface area contributed by atoms with Gasteiger partial charge in [-0.1, -0.05) is 13.8 Å². The average molecular weight is 275 g/mol. The summed E-state index contributed by atoms with van der Waals surface area (Å²) in [5, 5.41) is 3.22. The van der Waals surface area contributed by atoms with E-state index < -0.39 is 9.84 Å². The molecule has 2 fully saturated rings. The maximum atomic E-state index is 12.4. The number of hydrogen-bond donors (Lipinski definition) is 1. The van der Waals surface area contributed by atoms with Gasteiger partial charge in [-0.2, -0.15) is 0 Å². The van der Waals surface area contributed by atoms with Gasteiger partial charge in [-0.25, -0.2) is 8.42 Å². The molecule has 0 radical (unpaired) electrons. The Morgan fingerprint density at radius 3 is 2.67 bits per heavy atom.